The van der Waals surface area contributed by atoms with E-state index in [1.54, 1.807) is 6.07 Å². The van der Waals surface area contributed by atoms with Crippen LogP contribution in [0.1, 0.15) is 38.2 Å². The molecule has 112 valence electrons. The lowest BCUT2D eigenvalue weighted by Gasteiger charge is -2.10. The van der Waals surface area contributed by atoms with Crippen LogP contribution in [-0.2, 0) is 16.6 Å². The lowest BCUT2D eigenvalue weighted by molar-refractivity contribution is 0.492. The molecule has 1 heterocycles. The van der Waals surface area contributed by atoms with Crippen LogP contribution < -0.4 is 10.0 Å². The van der Waals surface area contributed by atoms with Crippen LogP contribution in [0.2, 0.25) is 0 Å². The second-order valence-corrected chi connectivity index (χ2v) is 9.00. The van der Waals surface area contributed by atoms with Crippen molar-refractivity contribution in [1.29, 1.82) is 0 Å². The summed E-state index contributed by atoms with van der Waals surface area (Å²) < 4.78 is 27.6. The molecule has 2 saturated carbocycles. The van der Waals surface area contributed by atoms with Crippen molar-refractivity contribution < 1.29 is 8.42 Å². The molecule has 3 rings (SSSR count). The van der Waals surface area contributed by atoms with Gasteiger partial charge < -0.3 is 5.32 Å². The first-order valence-corrected chi connectivity index (χ1v) is 9.71. The van der Waals surface area contributed by atoms with Crippen LogP contribution in [-0.4, -0.2) is 21.0 Å². The molecule has 1 atom stereocenters. The Morgan fingerprint density at radius 2 is 2.10 bits per heavy atom. The van der Waals surface area contributed by atoms with Gasteiger partial charge in [-0.15, -0.1) is 11.3 Å². The summed E-state index contributed by atoms with van der Waals surface area (Å²) in [7, 11) is -3.32. The first kappa shape index (κ1) is 14.5. The molecule has 2 N–H and O–H groups in total. The van der Waals surface area contributed by atoms with Gasteiger partial charge in [0.2, 0.25) is 10.0 Å². The molecule has 1 aromatic rings. The lowest BCUT2D eigenvalue weighted by atomic mass is 10.1. The Bertz CT molecular complexity index is 559. The second kappa shape index (κ2) is 5.75. The van der Waals surface area contributed by atoms with E-state index in [1.165, 1.54) is 37.0 Å². The number of rotatable bonds is 8. The highest BCUT2D eigenvalue weighted by atomic mass is 32.2. The molecule has 1 unspecified atom stereocenters. The molecule has 0 saturated heterocycles. The maximum atomic E-state index is 12.2. The Kier molecular flexibility index (Phi) is 4.17. The number of hydrogen-bond acceptors (Lipinski definition) is 4. The molecule has 2 aliphatic carbocycles. The average Bonchev–Trinajstić information content (AvgIpc) is 3.33. The molecule has 2 fully saturated rings. The Morgan fingerprint density at radius 3 is 2.75 bits per heavy atom. The molecule has 4 nitrogen and oxygen atoms in total. The third kappa shape index (κ3) is 3.81. The van der Waals surface area contributed by atoms with E-state index in [-0.39, 0.29) is 0 Å². The van der Waals surface area contributed by atoms with Gasteiger partial charge in [0.1, 0.15) is 4.21 Å². The Morgan fingerprint density at radius 1 is 1.35 bits per heavy atom. The van der Waals surface area contributed by atoms with Gasteiger partial charge in [-0.3, -0.25) is 0 Å². The van der Waals surface area contributed by atoms with Gasteiger partial charge in [-0.1, -0.05) is 6.92 Å². The van der Waals surface area contributed by atoms with E-state index in [4.69, 9.17) is 0 Å². The highest BCUT2D eigenvalue weighted by molar-refractivity contribution is 7.91. The van der Waals surface area contributed by atoms with Gasteiger partial charge in [0.15, 0.2) is 0 Å². The zero-order valence-corrected chi connectivity index (χ0v) is 13.4. The third-order valence-corrected chi connectivity index (χ3v) is 7.00. The molecule has 0 spiro atoms. The predicted octanol–water partition coefficient (Wildman–Crippen LogP) is 2.32. The molecular formula is C14H22N2O2S2. The number of hydrogen-bond donors (Lipinski definition) is 2. The van der Waals surface area contributed by atoms with E-state index in [9.17, 15) is 8.42 Å². The Labute approximate surface area is 125 Å². The van der Waals surface area contributed by atoms with Crippen LogP contribution in [0.25, 0.3) is 0 Å². The largest absolute Gasteiger partial charge is 0.310 e. The Balaban J connectivity index is 1.55. The monoisotopic (exact) mass is 314 g/mol. The van der Waals surface area contributed by atoms with E-state index >= 15 is 0 Å². The maximum Gasteiger partial charge on any atom is 0.250 e. The SMILES string of the molecule is CC(CNS(=O)(=O)c1cc(CNC2CC2)cs1)C1CC1. The summed E-state index contributed by atoms with van der Waals surface area (Å²) in [6.45, 7) is 3.45. The van der Waals surface area contributed by atoms with Gasteiger partial charge in [-0.05, 0) is 54.5 Å². The summed E-state index contributed by atoms with van der Waals surface area (Å²) in [4.78, 5) is 0. The van der Waals surface area contributed by atoms with Gasteiger partial charge in [0.25, 0.3) is 0 Å². The van der Waals surface area contributed by atoms with Crippen molar-refractivity contribution in [3.8, 4) is 0 Å². The van der Waals surface area contributed by atoms with E-state index < -0.39 is 10.0 Å². The number of nitrogens with one attached hydrogen (secondary N) is 2. The lowest BCUT2D eigenvalue weighted by Crippen LogP contribution is -2.28. The highest BCUT2D eigenvalue weighted by Gasteiger charge is 2.29. The van der Waals surface area contributed by atoms with Gasteiger partial charge in [0, 0.05) is 19.1 Å². The summed E-state index contributed by atoms with van der Waals surface area (Å²) in [6, 6.07) is 2.44. The minimum atomic E-state index is -3.32. The van der Waals surface area contributed by atoms with Crippen molar-refractivity contribution in [2.75, 3.05) is 6.54 Å². The van der Waals surface area contributed by atoms with E-state index in [2.05, 4.69) is 17.0 Å². The normalized spacial score (nSPS) is 21.1. The van der Waals surface area contributed by atoms with Crippen LogP contribution in [0.4, 0.5) is 0 Å². The van der Waals surface area contributed by atoms with Crippen molar-refractivity contribution >= 4 is 21.4 Å². The van der Waals surface area contributed by atoms with Crippen LogP contribution in [0.15, 0.2) is 15.7 Å². The van der Waals surface area contributed by atoms with Crippen LogP contribution >= 0.6 is 11.3 Å². The highest BCUT2D eigenvalue weighted by Crippen LogP contribution is 2.36. The maximum absolute atomic E-state index is 12.2. The fourth-order valence-corrected chi connectivity index (χ4v) is 4.68. The zero-order valence-electron chi connectivity index (χ0n) is 11.8. The van der Waals surface area contributed by atoms with Gasteiger partial charge in [-0.2, -0.15) is 0 Å². The fourth-order valence-electron chi connectivity index (χ4n) is 2.28. The number of thiophene rings is 1. The topological polar surface area (TPSA) is 58.2 Å². The molecule has 0 bridgehead atoms. The van der Waals surface area contributed by atoms with Crippen LogP contribution in [0.5, 0.6) is 0 Å². The zero-order chi connectivity index (χ0) is 14.2. The summed E-state index contributed by atoms with van der Waals surface area (Å²) in [5, 5.41) is 5.34. The van der Waals surface area contributed by atoms with Crippen molar-refractivity contribution in [2.45, 2.75) is 49.4 Å². The summed E-state index contributed by atoms with van der Waals surface area (Å²) >= 11 is 1.31. The quantitative estimate of drug-likeness (QED) is 0.774. The average molecular weight is 314 g/mol. The number of sulfonamides is 1. The molecule has 2 aliphatic rings. The van der Waals surface area contributed by atoms with Gasteiger partial charge in [-0.25, -0.2) is 13.1 Å². The van der Waals surface area contributed by atoms with Gasteiger partial charge in [0.05, 0.1) is 0 Å². The first-order valence-electron chi connectivity index (χ1n) is 7.35. The smallest absolute Gasteiger partial charge is 0.250 e. The molecule has 0 radical (unpaired) electrons. The summed E-state index contributed by atoms with van der Waals surface area (Å²) in [5.74, 6) is 1.17. The van der Waals surface area contributed by atoms with Crippen molar-refractivity contribution in [2.24, 2.45) is 11.8 Å². The summed E-state index contributed by atoms with van der Waals surface area (Å²) in [6.07, 6.45) is 4.99. The molecule has 0 aromatic carbocycles. The Hall–Kier alpha value is -0.430. The molecule has 6 heteroatoms. The first-order chi connectivity index (χ1) is 9.54. The van der Waals surface area contributed by atoms with Crippen molar-refractivity contribution in [3.63, 3.8) is 0 Å². The standard InChI is InChI=1S/C14H22N2O2S2/c1-10(12-2-3-12)7-16-20(17,18)14-6-11(9-19-14)8-15-13-4-5-13/h6,9-10,12-13,15-16H,2-5,7-8H2,1H3. The predicted molar refractivity (Wildman–Crippen MR) is 81.3 cm³/mol. The molecular weight excluding hydrogens is 292 g/mol. The second-order valence-electron chi connectivity index (χ2n) is 6.10. The van der Waals surface area contributed by atoms with E-state index in [1.807, 2.05) is 5.38 Å². The minimum absolute atomic E-state index is 0.438. The summed E-state index contributed by atoms with van der Waals surface area (Å²) in [5.41, 5.74) is 1.07. The van der Waals surface area contributed by atoms with Crippen molar-refractivity contribution in [3.05, 3.63) is 17.0 Å². The van der Waals surface area contributed by atoms with Gasteiger partial charge >= 0.3 is 0 Å². The van der Waals surface area contributed by atoms with Crippen molar-refractivity contribution in [1.82, 2.24) is 10.0 Å². The van der Waals surface area contributed by atoms with Crippen LogP contribution in [0, 0.1) is 11.8 Å². The molecule has 1 aromatic heterocycles. The molecule has 20 heavy (non-hydrogen) atoms. The minimum Gasteiger partial charge on any atom is -0.310 e. The molecule has 0 amide bonds. The molecule has 0 aliphatic heterocycles. The van der Waals surface area contributed by atoms with Crippen LogP contribution in [0.3, 0.4) is 0 Å². The third-order valence-electron chi connectivity index (χ3n) is 4.09. The fraction of sp³-hybridized carbons (Fsp3) is 0.714. The van der Waals surface area contributed by atoms with E-state index in [0.717, 1.165) is 18.0 Å². The van der Waals surface area contributed by atoms with E-state index in [0.29, 0.717) is 22.7 Å².